The van der Waals surface area contributed by atoms with Gasteiger partial charge in [0.05, 0.1) is 24.5 Å². The van der Waals surface area contributed by atoms with Gasteiger partial charge in [-0.25, -0.2) is 10.5 Å². The van der Waals surface area contributed by atoms with Crippen molar-refractivity contribution < 1.29 is 9.63 Å². The Labute approximate surface area is 80.1 Å². The van der Waals surface area contributed by atoms with Crippen molar-refractivity contribution in [1.29, 1.82) is 0 Å². The van der Waals surface area contributed by atoms with Crippen LogP contribution < -0.4 is 5.48 Å². The number of rotatable bonds is 2. The Bertz CT molecular complexity index is 464. The van der Waals surface area contributed by atoms with E-state index in [4.69, 9.17) is 0 Å². The van der Waals surface area contributed by atoms with Crippen LogP contribution >= 0.6 is 0 Å². The van der Waals surface area contributed by atoms with Gasteiger partial charge >= 0.3 is 0 Å². The van der Waals surface area contributed by atoms with Crippen molar-refractivity contribution >= 4 is 16.9 Å². The first kappa shape index (κ1) is 8.71. The van der Waals surface area contributed by atoms with Gasteiger partial charge in [0.25, 0.3) is 5.91 Å². The molecule has 0 aliphatic heterocycles. The van der Waals surface area contributed by atoms with E-state index in [0.29, 0.717) is 5.56 Å². The monoisotopic (exact) mass is 191 g/mol. The molecular weight excluding hydrogens is 182 g/mol. The minimum absolute atomic E-state index is 0.274. The SMILES string of the molecule is CONC(=O)c1ccc2nc[nH]c2c1. The smallest absolute Gasteiger partial charge is 0.274 e. The predicted octanol–water partition coefficient (Wildman–Crippen LogP) is 0.854. The fraction of sp³-hybridized carbons (Fsp3) is 0.111. The van der Waals surface area contributed by atoms with Gasteiger partial charge in [-0.15, -0.1) is 0 Å². The van der Waals surface area contributed by atoms with Gasteiger partial charge in [0.15, 0.2) is 0 Å². The molecule has 1 amide bonds. The summed E-state index contributed by atoms with van der Waals surface area (Å²) in [6.45, 7) is 0. The molecule has 0 saturated heterocycles. The molecule has 2 N–H and O–H groups in total. The predicted molar refractivity (Wildman–Crippen MR) is 50.6 cm³/mol. The Balaban J connectivity index is 2.38. The van der Waals surface area contributed by atoms with Crippen molar-refractivity contribution in [3.8, 4) is 0 Å². The van der Waals surface area contributed by atoms with E-state index in [2.05, 4.69) is 20.3 Å². The van der Waals surface area contributed by atoms with Gasteiger partial charge in [-0.1, -0.05) is 0 Å². The maximum absolute atomic E-state index is 11.3. The van der Waals surface area contributed by atoms with Gasteiger partial charge in [0.2, 0.25) is 0 Å². The maximum atomic E-state index is 11.3. The normalized spacial score (nSPS) is 10.4. The number of hydrogen-bond acceptors (Lipinski definition) is 3. The van der Waals surface area contributed by atoms with E-state index >= 15 is 0 Å². The van der Waals surface area contributed by atoms with Crippen LogP contribution in [0.3, 0.4) is 0 Å². The zero-order valence-electron chi connectivity index (χ0n) is 7.57. The Kier molecular flexibility index (Phi) is 2.16. The summed E-state index contributed by atoms with van der Waals surface area (Å²) in [7, 11) is 1.40. The number of aromatic amines is 1. The molecule has 2 aromatic rings. The highest BCUT2D eigenvalue weighted by molar-refractivity contribution is 5.96. The number of nitrogens with one attached hydrogen (secondary N) is 2. The number of aromatic nitrogens is 2. The number of hydroxylamine groups is 1. The molecule has 5 nitrogen and oxygen atoms in total. The molecule has 0 unspecified atom stereocenters. The highest BCUT2D eigenvalue weighted by atomic mass is 16.6. The van der Waals surface area contributed by atoms with Gasteiger partial charge in [0.1, 0.15) is 0 Å². The summed E-state index contributed by atoms with van der Waals surface area (Å²) in [5, 5.41) is 0. The van der Waals surface area contributed by atoms with Crippen LogP contribution in [0.5, 0.6) is 0 Å². The van der Waals surface area contributed by atoms with Crippen molar-refractivity contribution in [2.24, 2.45) is 0 Å². The topological polar surface area (TPSA) is 67.0 Å². The van der Waals surface area contributed by atoms with E-state index in [1.54, 1.807) is 24.5 Å². The van der Waals surface area contributed by atoms with E-state index < -0.39 is 0 Å². The Morgan fingerprint density at radius 3 is 3.21 bits per heavy atom. The summed E-state index contributed by atoms with van der Waals surface area (Å²) in [6.07, 6.45) is 1.59. The van der Waals surface area contributed by atoms with E-state index in [-0.39, 0.29) is 5.91 Å². The fourth-order valence-electron chi connectivity index (χ4n) is 1.23. The van der Waals surface area contributed by atoms with Gasteiger partial charge < -0.3 is 4.98 Å². The number of carbonyl (C=O) groups excluding carboxylic acids is 1. The second-order valence-corrected chi connectivity index (χ2v) is 2.77. The summed E-state index contributed by atoms with van der Waals surface area (Å²) in [4.78, 5) is 22.8. The average Bonchev–Trinajstić information content (AvgIpc) is 2.64. The van der Waals surface area contributed by atoms with E-state index in [1.165, 1.54) is 7.11 Å². The molecule has 14 heavy (non-hydrogen) atoms. The number of benzene rings is 1. The lowest BCUT2D eigenvalue weighted by Crippen LogP contribution is -2.21. The summed E-state index contributed by atoms with van der Waals surface area (Å²) >= 11 is 0. The summed E-state index contributed by atoms with van der Waals surface area (Å²) in [6, 6.07) is 5.19. The molecule has 0 saturated carbocycles. The molecule has 0 aliphatic rings. The zero-order chi connectivity index (χ0) is 9.97. The molecular formula is C9H9N3O2. The van der Waals surface area contributed by atoms with Crippen molar-refractivity contribution in [3.63, 3.8) is 0 Å². The highest BCUT2D eigenvalue weighted by Crippen LogP contribution is 2.11. The van der Waals surface area contributed by atoms with Crippen molar-refractivity contribution in [2.45, 2.75) is 0 Å². The third-order valence-electron chi connectivity index (χ3n) is 1.88. The molecule has 0 spiro atoms. The lowest BCUT2D eigenvalue weighted by atomic mass is 10.2. The Hall–Kier alpha value is -1.88. The number of carbonyl (C=O) groups is 1. The second-order valence-electron chi connectivity index (χ2n) is 2.77. The van der Waals surface area contributed by atoms with Gasteiger partial charge in [-0.3, -0.25) is 9.63 Å². The molecule has 1 aromatic heterocycles. The van der Waals surface area contributed by atoms with Crippen LogP contribution in [0.25, 0.3) is 11.0 Å². The number of amides is 1. The first-order valence-electron chi connectivity index (χ1n) is 4.08. The molecule has 0 aliphatic carbocycles. The number of hydrogen-bond donors (Lipinski definition) is 2. The van der Waals surface area contributed by atoms with Crippen LogP contribution in [0.2, 0.25) is 0 Å². The zero-order valence-corrected chi connectivity index (χ0v) is 7.57. The molecule has 0 atom stereocenters. The van der Waals surface area contributed by atoms with Crippen molar-refractivity contribution in [2.75, 3.05) is 7.11 Å². The summed E-state index contributed by atoms with van der Waals surface area (Å²) < 4.78 is 0. The Morgan fingerprint density at radius 2 is 2.43 bits per heavy atom. The lowest BCUT2D eigenvalue weighted by molar-refractivity contribution is 0.0538. The third-order valence-corrected chi connectivity index (χ3v) is 1.88. The molecule has 2 rings (SSSR count). The first-order chi connectivity index (χ1) is 6.81. The first-order valence-corrected chi connectivity index (χ1v) is 4.08. The Morgan fingerprint density at radius 1 is 1.57 bits per heavy atom. The average molecular weight is 191 g/mol. The van der Waals surface area contributed by atoms with Gasteiger partial charge in [-0.2, -0.15) is 0 Å². The van der Waals surface area contributed by atoms with Crippen molar-refractivity contribution in [3.05, 3.63) is 30.1 Å². The number of fused-ring (bicyclic) bond motifs is 1. The minimum atomic E-state index is -0.274. The van der Waals surface area contributed by atoms with E-state index in [9.17, 15) is 4.79 Å². The fourth-order valence-corrected chi connectivity index (χ4v) is 1.23. The number of nitrogens with zero attached hydrogens (tertiary/aromatic N) is 1. The standard InChI is InChI=1S/C9H9N3O2/c1-14-12-9(13)6-2-3-7-8(4-6)11-5-10-7/h2-5H,1H3,(H,10,11)(H,12,13). The quantitative estimate of drug-likeness (QED) is 0.691. The van der Waals surface area contributed by atoms with E-state index in [0.717, 1.165) is 11.0 Å². The molecule has 1 heterocycles. The molecule has 0 radical (unpaired) electrons. The molecule has 0 fully saturated rings. The summed E-state index contributed by atoms with van der Waals surface area (Å²) in [5.74, 6) is -0.274. The van der Waals surface area contributed by atoms with Crippen molar-refractivity contribution in [1.82, 2.24) is 15.4 Å². The van der Waals surface area contributed by atoms with Gasteiger partial charge in [0, 0.05) is 5.56 Å². The third kappa shape index (κ3) is 1.45. The number of imidazole rings is 1. The maximum Gasteiger partial charge on any atom is 0.274 e. The van der Waals surface area contributed by atoms with Crippen LogP contribution in [0.1, 0.15) is 10.4 Å². The molecule has 5 heteroatoms. The largest absolute Gasteiger partial charge is 0.345 e. The van der Waals surface area contributed by atoms with Crippen LogP contribution in [-0.4, -0.2) is 23.0 Å². The van der Waals surface area contributed by atoms with Gasteiger partial charge in [-0.05, 0) is 18.2 Å². The highest BCUT2D eigenvalue weighted by Gasteiger charge is 2.05. The van der Waals surface area contributed by atoms with Crippen LogP contribution in [-0.2, 0) is 4.84 Å². The van der Waals surface area contributed by atoms with Crippen LogP contribution in [0.15, 0.2) is 24.5 Å². The number of H-pyrrole nitrogens is 1. The van der Waals surface area contributed by atoms with Crippen LogP contribution in [0.4, 0.5) is 0 Å². The van der Waals surface area contributed by atoms with Crippen LogP contribution in [0, 0.1) is 0 Å². The lowest BCUT2D eigenvalue weighted by Gasteiger charge is -2.00. The molecule has 0 bridgehead atoms. The second kappa shape index (κ2) is 3.47. The molecule has 1 aromatic carbocycles. The molecule has 72 valence electrons. The van der Waals surface area contributed by atoms with E-state index in [1.807, 2.05) is 0 Å². The minimum Gasteiger partial charge on any atom is -0.345 e. The summed E-state index contributed by atoms with van der Waals surface area (Å²) in [5.41, 5.74) is 4.44.